The molecule has 1 rings (SSSR count). The molecule has 0 amide bonds. The lowest BCUT2D eigenvalue weighted by molar-refractivity contribution is -0.383. The Morgan fingerprint density at radius 1 is 1.30 bits per heavy atom. The normalized spacial score (nSPS) is 11.5. The quantitative estimate of drug-likeness (QED) is 0.424. The third-order valence-corrected chi connectivity index (χ3v) is 2.82. The molecule has 1 aromatic rings. The lowest BCUT2D eigenvalue weighted by Gasteiger charge is -2.09. The molecule has 9 heteroatoms. The fraction of sp³-hybridized carbons (Fsp3) is 0.0909. The van der Waals surface area contributed by atoms with Gasteiger partial charge in [0.05, 0.1) is 10.5 Å². The minimum atomic E-state index is -1.53. The second-order valence-electron chi connectivity index (χ2n) is 3.65. The topological polar surface area (TPSA) is 130 Å². The van der Waals surface area contributed by atoms with Crippen LogP contribution in [0.3, 0.4) is 0 Å². The number of hydrogen-bond donors (Lipinski definition) is 3. The number of rotatable bonds is 5. The van der Waals surface area contributed by atoms with Crippen molar-refractivity contribution in [1.29, 1.82) is 0 Å². The summed E-state index contributed by atoms with van der Waals surface area (Å²) in [5, 5.41) is 30.9. The molecule has 0 bridgehead atoms. The fourth-order valence-corrected chi connectivity index (χ4v) is 1.68. The van der Waals surface area contributed by atoms with Crippen LogP contribution >= 0.6 is 15.9 Å². The molecule has 0 heterocycles. The van der Waals surface area contributed by atoms with Gasteiger partial charge in [0.15, 0.2) is 0 Å². The van der Waals surface area contributed by atoms with Crippen molar-refractivity contribution in [3.63, 3.8) is 0 Å². The lowest BCUT2D eigenvalue weighted by atomic mass is 10.2. The van der Waals surface area contributed by atoms with Gasteiger partial charge in [-0.05, 0) is 19.1 Å². The summed E-state index contributed by atoms with van der Waals surface area (Å²) in [5.41, 5.74) is -1.60. The van der Waals surface area contributed by atoms with E-state index < -0.39 is 28.1 Å². The third-order valence-electron chi connectivity index (χ3n) is 2.32. The zero-order chi connectivity index (χ0) is 15.4. The monoisotopic (exact) mass is 344 g/mol. The van der Waals surface area contributed by atoms with Gasteiger partial charge in [0.1, 0.15) is 11.4 Å². The average molecular weight is 345 g/mol. The maximum atomic E-state index is 11.1. The van der Waals surface area contributed by atoms with Crippen LogP contribution in [0.1, 0.15) is 6.92 Å². The van der Waals surface area contributed by atoms with E-state index in [4.69, 9.17) is 10.2 Å². The van der Waals surface area contributed by atoms with Crippen LogP contribution in [0.4, 0.5) is 11.4 Å². The minimum absolute atomic E-state index is 0.123. The number of carboxylic acid groups (broad SMARTS) is 2. The SMILES string of the molecule is CC(C(=O)O)=C(Nc1cc(Br)ccc1[N+](=O)[O-])C(=O)O. The first kappa shape index (κ1) is 15.6. The summed E-state index contributed by atoms with van der Waals surface area (Å²) in [6.45, 7) is 1.09. The molecule has 0 saturated carbocycles. The van der Waals surface area contributed by atoms with Gasteiger partial charge < -0.3 is 15.5 Å². The first-order chi connectivity index (χ1) is 9.23. The van der Waals surface area contributed by atoms with E-state index in [0.29, 0.717) is 4.47 Å². The van der Waals surface area contributed by atoms with Crippen molar-refractivity contribution >= 4 is 39.2 Å². The Balaban J connectivity index is 3.36. The maximum Gasteiger partial charge on any atom is 0.352 e. The second kappa shape index (κ2) is 6.15. The summed E-state index contributed by atoms with van der Waals surface area (Å²) in [4.78, 5) is 32.0. The number of nitrogens with one attached hydrogen (secondary N) is 1. The molecule has 0 fully saturated rings. The van der Waals surface area contributed by atoms with Gasteiger partial charge in [-0.3, -0.25) is 10.1 Å². The second-order valence-corrected chi connectivity index (χ2v) is 4.57. The van der Waals surface area contributed by atoms with Crippen LogP contribution in [-0.4, -0.2) is 27.1 Å². The molecule has 1 aromatic carbocycles. The van der Waals surface area contributed by atoms with Gasteiger partial charge in [-0.15, -0.1) is 0 Å². The Morgan fingerprint density at radius 2 is 1.90 bits per heavy atom. The molecule has 0 spiro atoms. The molecule has 0 atom stereocenters. The van der Waals surface area contributed by atoms with Gasteiger partial charge in [-0.25, -0.2) is 9.59 Å². The summed E-state index contributed by atoms with van der Waals surface area (Å²) in [6, 6.07) is 3.87. The number of aliphatic carboxylic acids is 2. The van der Waals surface area contributed by atoms with Crippen LogP contribution < -0.4 is 5.32 Å². The predicted octanol–water partition coefficient (Wildman–Crippen LogP) is 2.21. The van der Waals surface area contributed by atoms with E-state index in [1.165, 1.54) is 18.2 Å². The van der Waals surface area contributed by atoms with Crippen molar-refractivity contribution in [1.82, 2.24) is 0 Å². The summed E-state index contributed by atoms with van der Waals surface area (Å²) in [5.74, 6) is -2.97. The van der Waals surface area contributed by atoms with E-state index in [1.54, 1.807) is 0 Å². The van der Waals surface area contributed by atoms with Gasteiger partial charge in [-0.2, -0.15) is 0 Å². The van der Waals surface area contributed by atoms with Crippen molar-refractivity contribution < 1.29 is 24.7 Å². The van der Waals surface area contributed by atoms with Crippen LogP contribution in [0, 0.1) is 10.1 Å². The van der Waals surface area contributed by atoms with Gasteiger partial charge in [-0.1, -0.05) is 15.9 Å². The van der Waals surface area contributed by atoms with Crippen molar-refractivity contribution in [3.05, 3.63) is 44.1 Å². The van der Waals surface area contributed by atoms with Gasteiger partial charge in [0, 0.05) is 10.5 Å². The average Bonchev–Trinajstić information content (AvgIpc) is 2.34. The molecule has 3 N–H and O–H groups in total. The Bertz CT molecular complexity index is 625. The Kier molecular flexibility index (Phi) is 4.81. The highest BCUT2D eigenvalue weighted by atomic mass is 79.9. The van der Waals surface area contributed by atoms with Gasteiger partial charge >= 0.3 is 11.9 Å². The number of nitro benzene ring substituents is 1. The van der Waals surface area contributed by atoms with Crippen molar-refractivity contribution in [3.8, 4) is 0 Å². The molecular formula is C11H9BrN2O6. The van der Waals surface area contributed by atoms with Crippen molar-refractivity contribution in [2.75, 3.05) is 5.32 Å². The Morgan fingerprint density at radius 3 is 2.35 bits per heavy atom. The summed E-state index contributed by atoms with van der Waals surface area (Å²) in [6.07, 6.45) is 0. The number of benzene rings is 1. The predicted molar refractivity (Wildman–Crippen MR) is 72.4 cm³/mol. The Labute approximate surface area is 121 Å². The number of hydrogen-bond acceptors (Lipinski definition) is 5. The van der Waals surface area contributed by atoms with Crippen LogP contribution in [-0.2, 0) is 9.59 Å². The maximum absolute atomic E-state index is 11.1. The molecule has 106 valence electrons. The standard InChI is InChI=1S/C11H9BrN2O6/c1-5(10(15)16)9(11(17)18)13-7-4-6(12)2-3-8(7)14(19)20/h2-4,13H,1H3,(H,15,16)(H,17,18). The van der Waals surface area contributed by atoms with E-state index in [9.17, 15) is 19.7 Å². The minimum Gasteiger partial charge on any atom is -0.478 e. The molecular weight excluding hydrogens is 336 g/mol. The van der Waals surface area contributed by atoms with E-state index in [1.807, 2.05) is 0 Å². The number of halogens is 1. The highest BCUT2D eigenvalue weighted by Gasteiger charge is 2.21. The molecule has 20 heavy (non-hydrogen) atoms. The number of anilines is 1. The van der Waals surface area contributed by atoms with E-state index in [2.05, 4.69) is 21.2 Å². The van der Waals surface area contributed by atoms with Gasteiger partial charge in [0.2, 0.25) is 0 Å². The molecule has 8 nitrogen and oxygen atoms in total. The molecule has 0 aromatic heterocycles. The number of nitro groups is 1. The molecule has 0 aliphatic rings. The Hall–Kier alpha value is -2.42. The first-order valence-corrected chi connectivity index (χ1v) is 5.91. The van der Waals surface area contributed by atoms with E-state index >= 15 is 0 Å². The smallest absolute Gasteiger partial charge is 0.352 e. The number of carboxylic acids is 2. The van der Waals surface area contributed by atoms with Crippen LogP contribution in [0.25, 0.3) is 0 Å². The molecule has 0 aliphatic carbocycles. The summed E-state index contributed by atoms with van der Waals surface area (Å²) >= 11 is 3.10. The summed E-state index contributed by atoms with van der Waals surface area (Å²) < 4.78 is 0.475. The third kappa shape index (κ3) is 3.54. The lowest BCUT2D eigenvalue weighted by Crippen LogP contribution is -2.17. The van der Waals surface area contributed by atoms with Crippen molar-refractivity contribution in [2.45, 2.75) is 6.92 Å². The van der Waals surface area contributed by atoms with Crippen molar-refractivity contribution in [2.24, 2.45) is 0 Å². The molecule has 0 unspecified atom stereocenters. The summed E-state index contributed by atoms with van der Waals surface area (Å²) in [7, 11) is 0. The zero-order valence-electron chi connectivity index (χ0n) is 10.1. The highest BCUT2D eigenvalue weighted by Crippen LogP contribution is 2.29. The number of nitrogens with zero attached hydrogens (tertiary/aromatic N) is 1. The highest BCUT2D eigenvalue weighted by molar-refractivity contribution is 9.10. The zero-order valence-corrected chi connectivity index (χ0v) is 11.7. The van der Waals surface area contributed by atoms with E-state index in [0.717, 1.165) is 6.92 Å². The molecule has 0 saturated heterocycles. The van der Waals surface area contributed by atoms with Gasteiger partial charge in [0.25, 0.3) is 5.69 Å². The fourth-order valence-electron chi connectivity index (χ4n) is 1.32. The molecule has 0 radical (unpaired) electrons. The first-order valence-electron chi connectivity index (χ1n) is 5.12. The van der Waals surface area contributed by atoms with Crippen LogP contribution in [0.5, 0.6) is 0 Å². The van der Waals surface area contributed by atoms with Crippen LogP contribution in [0.15, 0.2) is 33.9 Å². The van der Waals surface area contributed by atoms with Crippen LogP contribution in [0.2, 0.25) is 0 Å². The largest absolute Gasteiger partial charge is 0.478 e. The number of carbonyl (C=O) groups is 2. The van der Waals surface area contributed by atoms with E-state index in [-0.39, 0.29) is 11.4 Å². The molecule has 0 aliphatic heterocycles.